The van der Waals surface area contributed by atoms with E-state index in [1.165, 1.54) is 19.3 Å². The van der Waals surface area contributed by atoms with Crippen LogP contribution in [-0.4, -0.2) is 41.2 Å². The smallest absolute Gasteiger partial charge is 0.181 e. The van der Waals surface area contributed by atoms with Gasteiger partial charge in [-0.15, -0.1) is 0 Å². The normalized spacial score (nSPS) is 14.4. The molecule has 0 spiro atoms. The van der Waals surface area contributed by atoms with E-state index in [4.69, 9.17) is 4.74 Å². The number of aromatic amines is 2. The van der Waals surface area contributed by atoms with Crippen molar-refractivity contribution in [2.24, 2.45) is 0 Å². The van der Waals surface area contributed by atoms with Crippen molar-refractivity contribution in [1.82, 2.24) is 35.1 Å². The summed E-state index contributed by atoms with van der Waals surface area (Å²) < 4.78 is 6.25. The summed E-state index contributed by atoms with van der Waals surface area (Å²) in [5.74, 6) is 0.808. The van der Waals surface area contributed by atoms with E-state index in [9.17, 15) is 0 Å². The molecule has 6 aromatic heterocycles. The zero-order valence-corrected chi connectivity index (χ0v) is 20.2. The Morgan fingerprint density at radius 2 is 1.68 bits per heavy atom. The van der Waals surface area contributed by atoms with E-state index in [-0.39, 0.29) is 6.10 Å². The Labute approximate surface area is 213 Å². The highest BCUT2D eigenvalue weighted by atomic mass is 16.5. The van der Waals surface area contributed by atoms with Gasteiger partial charge in [0, 0.05) is 64.0 Å². The minimum atomic E-state index is 0.278. The summed E-state index contributed by atoms with van der Waals surface area (Å²) in [6.07, 6.45) is 17.2. The Bertz CT molecular complexity index is 1700. The summed E-state index contributed by atoms with van der Waals surface area (Å²) in [5.41, 5.74) is 7.23. The molecule has 6 heterocycles. The second-order valence-corrected chi connectivity index (χ2v) is 9.53. The van der Waals surface area contributed by atoms with Crippen LogP contribution in [0.3, 0.4) is 0 Å². The average Bonchev–Trinajstić information content (AvgIpc) is 3.58. The third-order valence-corrected chi connectivity index (χ3v) is 7.06. The first kappa shape index (κ1) is 21.7. The maximum Gasteiger partial charge on any atom is 0.181 e. The monoisotopic (exact) mass is 487 g/mol. The molecule has 8 heteroatoms. The second-order valence-electron chi connectivity index (χ2n) is 9.53. The molecule has 0 aromatic carbocycles. The van der Waals surface area contributed by atoms with E-state index in [1.54, 1.807) is 12.4 Å². The second kappa shape index (κ2) is 9.13. The molecule has 0 aliphatic heterocycles. The predicted molar refractivity (Wildman–Crippen MR) is 143 cm³/mol. The fourth-order valence-electron chi connectivity index (χ4n) is 5.20. The quantitative estimate of drug-likeness (QED) is 0.294. The number of nitrogens with one attached hydrogen (secondary N) is 2. The molecule has 1 fully saturated rings. The van der Waals surface area contributed by atoms with Crippen molar-refractivity contribution in [1.29, 1.82) is 0 Å². The van der Waals surface area contributed by atoms with Crippen molar-refractivity contribution in [2.75, 3.05) is 0 Å². The van der Waals surface area contributed by atoms with Crippen LogP contribution >= 0.6 is 0 Å². The maximum atomic E-state index is 6.25. The van der Waals surface area contributed by atoms with Crippen LogP contribution in [0, 0.1) is 0 Å². The van der Waals surface area contributed by atoms with Crippen LogP contribution in [0.2, 0.25) is 0 Å². The van der Waals surface area contributed by atoms with Gasteiger partial charge in [0.2, 0.25) is 0 Å². The largest absolute Gasteiger partial charge is 0.489 e. The summed E-state index contributed by atoms with van der Waals surface area (Å²) in [6.45, 7) is 0. The van der Waals surface area contributed by atoms with E-state index < -0.39 is 0 Å². The van der Waals surface area contributed by atoms with Gasteiger partial charge in [-0.1, -0.05) is 6.42 Å². The Balaban J connectivity index is 1.26. The lowest BCUT2D eigenvalue weighted by molar-refractivity contribution is 0.154. The van der Waals surface area contributed by atoms with Crippen molar-refractivity contribution >= 4 is 21.9 Å². The molecular weight excluding hydrogens is 462 g/mol. The van der Waals surface area contributed by atoms with Crippen molar-refractivity contribution in [3.8, 4) is 39.5 Å². The molecule has 0 amide bonds. The molecule has 37 heavy (non-hydrogen) atoms. The number of aromatic nitrogens is 7. The standard InChI is InChI=1S/C29H25N7O/c1-2-6-21(7-3-1)37-22-11-19(15-31-17-22)20-12-24-28(35-36-29(24)33-16-20)26-13-23-25(34-26)8-10-32-27(23)18-5-4-9-30-14-18/h4-5,8-17,21,34H,1-3,6-7H2,(H,33,35,36). The number of fused-ring (bicyclic) bond motifs is 2. The molecule has 1 aliphatic carbocycles. The summed E-state index contributed by atoms with van der Waals surface area (Å²) in [6, 6.07) is 12.2. The fraction of sp³-hybridized carbons (Fsp3) is 0.207. The number of hydrogen-bond acceptors (Lipinski definition) is 6. The lowest BCUT2D eigenvalue weighted by Crippen LogP contribution is -2.19. The molecule has 182 valence electrons. The first-order valence-corrected chi connectivity index (χ1v) is 12.7. The average molecular weight is 488 g/mol. The molecule has 6 aromatic rings. The number of pyridine rings is 4. The minimum Gasteiger partial charge on any atom is -0.489 e. The van der Waals surface area contributed by atoms with Gasteiger partial charge < -0.3 is 9.72 Å². The van der Waals surface area contributed by atoms with Crippen molar-refractivity contribution in [2.45, 2.75) is 38.2 Å². The van der Waals surface area contributed by atoms with Gasteiger partial charge >= 0.3 is 0 Å². The molecule has 0 atom stereocenters. The summed E-state index contributed by atoms with van der Waals surface area (Å²) >= 11 is 0. The van der Waals surface area contributed by atoms with E-state index >= 15 is 0 Å². The van der Waals surface area contributed by atoms with Crippen molar-refractivity contribution < 1.29 is 4.74 Å². The SMILES string of the molecule is c1cncc(-c2nccc3[nH]c(-c4[nH]nc5ncc(-c6cncc(OC7CCCCC7)c6)cc45)cc23)c1. The molecule has 1 saturated carbocycles. The zero-order valence-electron chi connectivity index (χ0n) is 20.2. The molecule has 2 N–H and O–H groups in total. The number of nitrogens with zero attached hydrogens (tertiary/aromatic N) is 5. The van der Waals surface area contributed by atoms with Gasteiger partial charge in [0.25, 0.3) is 0 Å². The molecule has 8 nitrogen and oxygen atoms in total. The minimum absolute atomic E-state index is 0.278. The summed E-state index contributed by atoms with van der Waals surface area (Å²) in [5, 5.41) is 9.58. The van der Waals surface area contributed by atoms with Gasteiger partial charge in [-0.05, 0) is 62.1 Å². The molecule has 0 bridgehead atoms. The number of ether oxygens (including phenoxy) is 1. The summed E-state index contributed by atoms with van der Waals surface area (Å²) in [4.78, 5) is 21.5. The fourth-order valence-corrected chi connectivity index (χ4v) is 5.20. The lowest BCUT2D eigenvalue weighted by Gasteiger charge is -2.23. The highest BCUT2D eigenvalue weighted by Crippen LogP contribution is 2.34. The van der Waals surface area contributed by atoms with E-state index in [0.717, 1.165) is 68.7 Å². The molecule has 1 aliphatic rings. The first-order valence-electron chi connectivity index (χ1n) is 12.7. The van der Waals surface area contributed by atoms with Crippen molar-refractivity contribution in [3.05, 3.63) is 73.6 Å². The lowest BCUT2D eigenvalue weighted by atomic mass is 9.98. The third kappa shape index (κ3) is 4.10. The summed E-state index contributed by atoms with van der Waals surface area (Å²) in [7, 11) is 0. The van der Waals surface area contributed by atoms with Crippen LogP contribution < -0.4 is 4.74 Å². The highest BCUT2D eigenvalue weighted by Gasteiger charge is 2.17. The molecule has 0 radical (unpaired) electrons. The van der Waals surface area contributed by atoms with E-state index in [0.29, 0.717) is 5.65 Å². The van der Waals surface area contributed by atoms with Crippen LogP contribution in [0.15, 0.2) is 73.6 Å². The molecule has 0 unspecified atom stereocenters. The van der Waals surface area contributed by atoms with Gasteiger partial charge in [0.1, 0.15) is 5.75 Å². The van der Waals surface area contributed by atoms with Gasteiger partial charge in [-0.2, -0.15) is 5.10 Å². The van der Waals surface area contributed by atoms with Crippen molar-refractivity contribution in [3.63, 3.8) is 0 Å². The van der Waals surface area contributed by atoms with E-state index in [1.807, 2.05) is 43.0 Å². The molecule has 7 rings (SSSR count). The van der Waals surface area contributed by atoms with E-state index in [2.05, 4.69) is 53.3 Å². The maximum absolute atomic E-state index is 6.25. The van der Waals surface area contributed by atoms with Gasteiger partial charge in [-0.25, -0.2) is 4.98 Å². The highest BCUT2D eigenvalue weighted by molar-refractivity contribution is 5.99. The van der Waals surface area contributed by atoms with Crippen LogP contribution in [0.5, 0.6) is 5.75 Å². The van der Waals surface area contributed by atoms with Crippen LogP contribution in [0.25, 0.3) is 55.7 Å². The first-order chi connectivity index (χ1) is 18.3. The molecule has 0 saturated heterocycles. The number of hydrogen-bond donors (Lipinski definition) is 2. The Morgan fingerprint density at radius 1 is 0.784 bits per heavy atom. The van der Waals surface area contributed by atoms with Crippen LogP contribution in [-0.2, 0) is 0 Å². The Morgan fingerprint density at radius 3 is 2.57 bits per heavy atom. The van der Waals surface area contributed by atoms with Gasteiger partial charge in [0.05, 0.1) is 29.4 Å². The van der Waals surface area contributed by atoms with Gasteiger partial charge in [-0.3, -0.25) is 20.1 Å². The molecular formula is C29H25N7O. The van der Waals surface area contributed by atoms with Crippen LogP contribution in [0.4, 0.5) is 0 Å². The Hall–Kier alpha value is -4.59. The zero-order chi connectivity index (χ0) is 24.6. The Kier molecular flexibility index (Phi) is 5.35. The van der Waals surface area contributed by atoms with Gasteiger partial charge in [0.15, 0.2) is 5.65 Å². The number of H-pyrrole nitrogens is 2. The third-order valence-electron chi connectivity index (χ3n) is 7.06. The predicted octanol–water partition coefficient (Wildman–Crippen LogP) is 6.34. The topological polar surface area (TPSA) is 105 Å². The van der Waals surface area contributed by atoms with Crippen LogP contribution in [0.1, 0.15) is 32.1 Å². The number of rotatable bonds is 5.